The largest absolute Gasteiger partial charge is 0.462 e. The molecule has 0 spiro atoms. The van der Waals surface area contributed by atoms with Crippen LogP contribution < -0.4 is 0 Å². The maximum absolute atomic E-state index is 12.8. The highest BCUT2D eigenvalue weighted by Crippen LogP contribution is 2.17. The first-order chi connectivity index (χ1) is 29.0. The molecular formula is C53H100O6. The minimum atomic E-state index is -0.767. The van der Waals surface area contributed by atoms with E-state index < -0.39 is 6.10 Å². The van der Waals surface area contributed by atoms with Crippen LogP contribution in [0.4, 0.5) is 0 Å². The number of unbranched alkanes of at least 4 members (excludes halogenated alkanes) is 35. The molecule has 0 fully saturated rings. The highest BCUT2D eigenvalue weighted by molar-refractivity contribution is 5.71. The summed E-state index contributed by atoms with van der Waals surface area (Å²) in [6, 6.07) is 0. The van der Waals surface area contributed by atoms with Gasteiger partial charge in [-0.1, -0.05) is 245 Å². The molecule has 0 heterocycles. The lowest BCUT2D eigenvalue weighted by molar-refractivity contribution is -0.167. The minimum Gasteiger partial charge on any atom is -0.462 e. The van der Waals surface area contributed by atoms with Crippen molar-refractivity contribution in [2.75, 3.05) is 13.2 Å². The summed E-state index contributed by atoms with van der Waals surface area (Å²) < 4.78 is 16.8. The molecule has 0 rings (SSSR count). The molecule has 0 saturated carbocycles. The second-order valence-electron chi connectivity index (χ2n) is 17.8. The lowest BCUT2D eigenvalue weighted by Crippen LogP contribution is -2.30. The molecule has 59 heavy (non-hydrogen) atoms. The third kappa shape index (κ3) is 47.1. The second kappa shape index (κ2) is 48.8. The number of allylic oxidation sites excluding steroid dienone is 2. The standard InChI is InChI=1S/C53H100O6/c1-4-7-10-13-16-19-22-24-26-27-28-30-31-34-37-40-43-46-52(55)58-49-50(48-57-51(54)45-42-39-36-33-21-18-15-12-9-6-3)59-53(56)47-44-41-38-35-32-29-25-23-20-17-14-11-8-5-2/h15,18,50H,4-14,16-17,19-49H2,1-3H3/b18-15-. The monoisotopic (exact) mass is 833 g/mol. The summed E-state index contributed by atoms with van der Waals surface area (Å²) in [5.41, 5.74) is 0. The molecular weight excluding hydrogens is 733 g/mol. The van der Waals surface area contributed by atoms with E-state index in [1.165, 1.54) is 173 Å². The van der Waals surface area contributed by atoms with Crippen LogP contribution in [-0.4, -0.2) is 37.2 Å². The molecule has 0 radical (unpaired) electrons. The molecule has 0 saturated heterocycles. The summed E-state index contributed by atoms with van der Waals surface area (Å²) in [5.74, 6) is -0.865. The van der Waals surface area contributed by atoms with E-state index in [4.69, 9.17) is 14.2 Å². The summed E-state index contributed by atoms with van der Waals surface area (Å²) in [5, 5.41) is 0. The lowest BCUT2D eigenvalue weighted by Gasteiger charge is -2.18. The van der Waals surface area contributed by atoms with Gasteiger partial charge in [-0.15, -0.1) is 0 Å². The van der Waals surface area contributed by atoms with Gasteiger partial charge < -0.3 is 14.2 Å². The van der Waals surface area contributed by atoms with E-state index in [-0.39, 0.29) is 31.1 Å². The maximum atomic E-state index is 12.8. The molecule has 0 N–H and O–H groups in total. The van der Waals surface area contributed by atoms with Crippen LogP contribution >= 0.6 is 0 Å². The van der Waals surface area contributed by atoms with Crippen molar-refractivity contribution < 1.29 is 28.6 Å². The molecule has 0 amide bonds. The molecule has 0 aromatic rings. The number of carbonyl (C=O) groups is 3. The third-order valence-electron chi connectivity index (χ3n) is 11.8. The first-order valence-electron chi connectivity index (χ1n) is 26.2. The Kier molecular flexibility index (Phi) is 47.3. The fraction of sp³-hybridized carbons (Fsp3) is 0.906. The molecule has 0 aliphatic rings. The molecule has 1 unspecified atom stereocenters. The average molecular weight is 833 g/mol. The SMILES string of the molecule is CCCC/C=C\CCCCCCC(=O)OCC(COC(=O)CCCCCCCCCCCCCCCCCCC)OC(=O)CCCCCCCCCCCCCCCC. The Bertz CT molecular complexity index is 916. The molecule has 348 valence electrons. The molecule has 0 aliphatic heterocycles. The van der Waals surface area contributed by atoms with E-state index in [1.807, 2.05) is 0 Å². The van der Waals surface area contributed by atoms with Crippen LogP contribution in [0, 0.1) is 0 Å². The summed E-state index contributed by atoms with van der Waals surface area (Å²) in [6.07, 6.45) is 53.4. The molecule has 0 aliphatic carbocycles. The van der Waals surface area contributed by atoms with Crippen LogP contribution in [0.2, 0.25) is 0 Å². The molecule has 6 heteroatoms. The number of hydrogen-bond acceptors (Lipinski definition) is 6. The van der Waals surface area contributed by atoms with Crippen molar-refractivity contribution in [1.82, 2.24) is 0 Å². The van der Waals surface area contributed by atoms with Crippen molar-refractivity contribution in [3.8, 4) is 0 Å². The van der Waals surface area contributed by atoms with E-state index in [9.17, 15) is 14.4 Å². The van der Waals surface area contributed by atoms with Gasteiger partial charge in [0, 0.05) is 19.3 Å². The van der Waals surface area contributed by atoms with Gasteiger partial charge in [-0.2, -0.15) is 0 Å². The normalized spacial score (nSPS) is 12.0. The van der Waals surface area contributed by atoms with Crippen LogP contribution in [-0.2, 0) is 28.6 Å². The zero-order valence-electron chi connectivity index (χ0n) is 39.8. The molecule has 0 aromatic carbocycles. The van der Waals surface area contributed by atoms with Gasteiger partial charge in [-0.3, -0.25) is 14.4 Å². The number of rotatable bonds is 48. The number of esters is 3. The average Bonchev–Trinajstić information content (AvgIpc) is 3.23. The Labute approximate surface area is 367 Å². The third-order valence-corrected chi connectivity index (χ3v) is 11.8. The van der Waals surface area contributed by atoms with Gasteiger partial charge in [0.2, 0.25) is 0 Å². The van der Waals surface area contributed by atoms with E-state index in [0.717, 1.165) is 77.0 Å². The van der Waals surface area contributed by atoms with E-state index in [1.54, 1.807) is 0 Å². The fourth-order valence-corrected chi connectivity index (χ4v) is 7.78. The van der Waals surface area contributed by atoms with Crippen molar-refractivity contribution in [2.45, 2.75) is 297 Å². The Morgan fingerprint density at radius 2 is 0.576 bits per heavy atom. The predicted octanol–water partition coefficient (Wildman–Crippen LogP) is 17.0. The quantitative estimate of drug-likeness (QED) is 0.0263. The van der Waals surface area contributed by atoms with Gasteiger partial charge in [0.05, 0.1) is 0 Å². The first kappa shape index (κ1) is 57.1. The highest BCUT2D eigenvalue weighted by atomic mass is 16.6. The smallest absolute Gasteiger partial charge is 0.306 e. The fourth-order valence-electron chi connectivity index (χ4n) is 7.78. The van der Waals surface area contributed by atoms with Crippen molar-refractivity contribution in [3.63, 3.8) is 0 Å². The topological polar surface area (TPSA) is 78.9 Å². The van der Waals surface area contributed by atoms with Gasteiger partial charge in [-0.05, 0) is 38.5 Å². The van der Waals surface area contributed by atoms with Crippen LogP contribution in [0.3, 0.4) is 0 Å². The van der Waals surface area contributed by atoms with Crippen molar-refractivity contribution in [1.29, 1.82) is 0 Å². The molecule has 0 aromatic heterocycles. The van der Waals surface area contributed by atoms with Crippen molar-refractivity contribution in [3.05, 3.63) is 12.2 Å². The summed E-state index contributed by atoms with van der Waals surface area (Å²) >= 11 is 0. The summed E-state index contributed by atoms with van der Waals surface area (Å²) in [7, 11) is 0. The van der Waals surface area contributed by atoms with Crippen molar-refractivity contribution >= 4 is 17.9 Å². The van der Waals surface area contributed by atoms with Gasteiger partial charge in [0.1, 0.15) is 13.2 Å². The number of hydrogen-bond donors (Lipinski definition) is 0. The molecule has 6 nitrogen and oxygen atoms in total. The van der Waals surface area contributed by atoms with Crippen LogP contribution in [0.5, 0.6) is 0 Å². The lowest BCUT2D eigenvalue weighted by atomic mass is 10.0. The van der Waals surface area contributed by atoms with Crippen LogP contribution in [0.15, 0.2) is 12.2 Å². The van der Waals surface area contributed by atoms with Gasteiger partial charge in [-0.25, -0.2) is 0 Å². The Hall–Kier alpha value is -1.85. The Morgan fingerprint density at radius 3 is 0.898 bits per heavy atom. The summed E-state index contributed by atoms with van der Waals surface area (Å²) in [6.45, 7) is 6.62. The van der Waals surface area contributed by atoms with Crippen molar-refractivity contribution in [2.24, 2.45) is 0 Å². The Balaban J connectivity index is 4.28. The minimum absolute atomic E-state index is 0.0681. The Morgan fingerprint density at radius 1 is 0.322 bits per heavy atom. The van der Waals surface area contributed by atoms with Crippen LogP contribution in [0.25, 0.3) is 0 Å². The van der Waals surface area contributed by atoms with E-state index in [0.29, 0.717) is 19.3 Å². The zero-order valence-corrected chi connectivity index (χ0v) is 39.8. The van der Waals surface area contributed by atoms with Gasteiger partial charge >= 0.3 is 17.9 Å². The molecule has 1 atom stereocenters. The van der Waals surface area contributed by atoms with Crippen LogP contribution in [0.1, 0.15) is 290 Å². The molecule has 0 bridgehead atoms. The summed E-state index contributed by atoms with van der Waals surface area (Å²) in [4.78, 5) is 37.9. The van der Waals surface area contributed by atoms with E-state index in [2.05, 4.69) is 32.9 Å². The van der Waals surface area contributed by atoms with Gasteiger partial charge in [0.25, 0.3) is 0 Å². The number of ether oxygens (including phenoxy) is 3. The number of carbonyl (C=O) groups excluding carboxylic acids is 3. The first-order valence-corrected chi connectivity index (χ1v) is 26.2. The highest BCUT2D eigenvalue weighted by Gasteiger charge is 2.19. The van der Waals surface area contributed by atoms with Gasteiger partial charge in [0.15, 0.2) is 6.10 Å². The maximum Gasteiger partial charge on any atom is 0.306 e. The predicted molar refractivity (Wildman–Crippen MR) is 252 cm³/mol. The zero-order chi connectivity index (χ0) is 43.0. The van der Waals surface area contributed by atoms with E-state index >= 15 is 0 Å². The second-order valence-corrected chi connectivity index (χ2v) is 17.8.